The molecule has 27 heavy (non-hydrogen) atoms. The fourth-order valence-corrected chi connectivity index (χ4v) is 3.99. The summed E-state index contributed by atoms with van der Waals surface area (Å²) in [6, 6.07) is 10.4. The molecule has 1 fully saturated rings. The van der Waals surface area contributed by atoms with Crippen molar-refractivity contribution >= 4 is 16.9 Å². The van der Waals surface area contributed by atoms with Crippen LogP contribution in [0, 0.1) is 19.8 Å². The average molecular weight is 366 g/mol. The van der Waals surface area contributed by atoms with E-state index in [1.165, 1.54) is 5.56 Å². The number of aromatic nitrogens is 3. The van der Waals surface area contributed by atoms with E-state index in [-0.39, 0.29) is 6.10 Å². The van der Waals surface area contributed by atoms with Crippen molar-refractivity contribution in [3.63, 3.8) is 0 Å². The fraction of sp³-hybridized carbons (Fsp3) is 0.476. The van der Waals surface area contributed by atoms with Gasteiger partial charge < -0.3 is 14.5 Å². The van der Waals surface area contributed by atoms with Gasteiger partial charge in [0.25, 0.3) is 5.71 Å². The van der Waals surface area contributed by atoms with Crippen LogP contribution in [0.25, 0.3) is 11.1 Å². The molecule has 6 nitrogen and oxygen atoms in total. The first-order chi connectivity index (χ1) is 13.1. The number of aliphatic hydroxyl groups is 1. The fourth-order valence-electron chi connectivity index (χ4n) is 3.99. The lowest BCUT2D eigenvalue weighted by molar-refractivity contribution is 0.0850. The lowest BCUT2D eigenvalue weighted by Gasteiger charge is -2.35. The Morgan fingerprint density at radius 3 is 2.63 bits per heavy atom. The zero-order valence-electron chi connectivity index (χ0n) is 15.9. The second-order valence-corrected chi connectivity index (χ2v) is 7.46. The molecule has 1 unspecified atom stereocenters. The van der Waals surface area contributed by atoms with Gasteiger partial charge >= 0.3 is 0 Å². The van der Waals surface area contributed by atoms with E-state index in [0.717, 1.165) is 55.7 Å². The number of anilines is 1. The quantitative estimate of drug-likeness (QED) is 0.745. The van der Waals surface area contributed by atoms with E-state index >= 15 is 0 Å². The largest absolute Gasteiger partial charge is 0.393 e. The lowest BCUT2D eigenvalue weighted by atomic mass is 9.88. The van der Waals surface area contributed by atoms with E-state index in [1.54, 1.807) is 0 Å². The van der Waals surface area contributed by atoms with E-state index < -0.39 is 0 Å². The van der Waals surface area contributed by atoms with Crippen molar-refractivity contribution in [3.05, 3.63) is 47.4 Å². The summed E-state index contributed by atoms with van der Waals surface area (Å²) in [6.07, 6.45) is 3.41. The van der Waals surface area contributed by atoms with Gasteiger partial charge in [0.2, 0.25) is 0 Å². The van der Waals surface area contributed by atoms with E-state index in [1.807, 2.05) is 19.9 Å². The highest BCUT2D eigenvalue weighted by Crippen LogP contribution is 2.31. The molecule has 0 saturated carbocycles. The van der Waals surface area contributed by atoms with Gasteiger partial charge in [0.15, 0.2) is 0 Å². The average Bonchev–Trinajstić information content (AvgIpc) is 3.07. The zero-order valence-corrected chi connectivity index (χ0v) is 15.9. The summed E-state index contributed by atoms with van der Waals surface area (Å²) < 4.78 is 5.33. The minimum Gasteiger partial charge on any atom is -0.393 e. The second-order valence-electron chi connectivity index (χ2n) is 7.46. The van der Waals surface area contributed by atoms with Crippen LogP contribution in [0.3, 0.4) is 0 Å². The van der Waals surface area contributed by atoms with E-state index in [0.29, 0.717) is 17.5 Å². The number of rotatable bonds is 5. The minimum absolute atomic E-state index is 0.253. The highest BCUT2D eigenvalue weighted by molar-refractivity contribution is 5.88. The summed E-state index contributed by atoms with van der Waals surface area (Å²) >= 11 is 0. The number of hydrogen-bond acceptors (Lipinski definition) is 6. The van der Waals surface area contributed by atoms with Crippen molar-refractivity contribution in [2.24, 2.45) is 5.92 Å². The van der Waals surface area contributed by atoms with Crippen LogP contribution in [0.2, 0.25) is 0 Å². The Morgan fingerprint density at radius 1 is 1.15 bits per heavy atom. The van der Waals surface area contributed by atoms with Crippen LogP contribution in [-0.2, 0) is 6.42 Å². The van der Waals surface area contributed by atoms with Gasteiger partial charge in [-0.3, -0.25) is 0 Å². The molecule has 1 aromatic carbocycles. The SMILES string of the molecule is Cc1nc(N2CCC(C(O)CCc3ccccc3)CC2)c2c(C)noc2n1. The van der Waals surface area contributed by atoms with Gasteiger partial charge in [-0.2, -0.15) is 4.98 Å². The smallest absolute Gasteiger partial charge is 0.263 e. The van der Waals surface area contributed by atoms with Gasteiger partial charge in [0.05, 0.1) is 11.8 Å². The molecule has 0 amide bonds. The molecule has 0 bridgehead atoms. The molecule has 6 heteroatoms. The van der Waals surface area contributed by atoms with Crippen LogP contribution in [0.15, 0.2) is 34.9 Å². The van der Waals surface area contributed by atoms with E-state index in [4.69, 9.17) is 4.52 Å². The van der Waals surface area contributed by atoms with Crippen LogP contribution in [0.5, 0.6) is 0 Å². The summed E-state index contributed by atoms with van der Waals surface area (Å²) in [6.45, 7) is 5.56. The van der Waals surface area contributed by atoms with Crippen LogP contribution in [0.4, 0.5) is 5.82 Å². The van der Waals surface area contributed by atoms with Gasteiger partial charge in [-0.25, -0.2) is 4.98 Å². The lowest BCUT2D eigenvalue weighted by Crippen LogP contribution is -2.38. The number of nitrogens with zero attached hydrogens (tertiary/aromatic N) is 4. The monoisotopic (exact) mass is 366 g/mol. The second kappa shape index (κ2) is 7.64. The first-order valence-electron chi connectivity index (χ1n) is 9.69. The van der Waals surface area contributed by atoms with Crippen LogP contribution in [-0.4, -0.2) is 39.4 Å². The Balaban J connectivity index is 1.40. The zero-order chi connectivity index (χ0) is 18.8. The maximum Gasteiger partial charge on any atom is 0.263 e. The standard InChI is InChI=1S/C21H26N4O2/c1-14-19-20(22-15(2)23-21(19)27-24-14)25-12-10-17(11-13-25)18(26)9-8-16-6-4-3-5-7-16/h3-7,17-18,26H,8-13H2,1-2H3. The minimum atomic E-state index is -0.253. The molecule has 4 rings (SSSR count). The number of piperidine rings is 1. The predicted molar refractivity (Wildman–Crippen MR) is 105 cm³/mol. The summed E-state index contributed by atoms with van der Waals surface area (Å²) in [4.78, 5) is 11.3. The third kappa shape index (κ3) is 3.81. The normalized spacial score (nSPS) is 16.8. The Morgan fingerprint density at radius 2 is 1.89 bits per heavy atom. The maximum absolute atomic E-state index is 10.6. The van der Waals surface area contributed by atoms with Gasteiger partial charge in [-0.05, 0) is 51.0 Å². The summed E-state index contributed by atoms with van der Waals surface area (Å²) in [5, 5.41) is 15.6. The molecule has 0 radical (unpaired) electrons. The van der Waals surface area contributed by atoms with Gasteiger partial charge in [-0.15, -0.1) is 0 Å². The third-order valence-electron chi connectivity index (χ3n) is 5.55. The van der Waals surface area contributed by atoms with Crippen LogP contribution < -0.4 is 4.90 Å². The van der Waals surface area contributed by atoms with Crippen molar-refractivity contribution in [2.75, 3.05) is 18.0 Å². The van der Waals surface area contributed by atoms with E-state index in [2.05, 4.69) is 44.3 Å². The summed E-state index contributed by atoms with van der Waals surface area (Å²) in [5.74, 6) is 1.94. The predicted octanol–water partition coefficient (Wildman–Crippen LogP) is 3.44. The van der Waals surface area contributed by atoms with Crippen LogP contribution in [0.1, 0.15) is 36.3 Å². The number of aliphatic hydroxyl groups excluding tert-OH is 1. The Bertz CT molecular complexity index is 901. The molecule has 1 saturated heterocycles. The molecule has 1 aliphatic heterocycles. The Hall–Kier alpha value is -2.47. The molecular formula is C21H26N4O2. The van der Waals surface area contributed by atoms with Gasteiger partial charge in [0.1, 0.15) is 17.0 Å². The first kappa shape index (κ1) is 17.9. The number of hydrogen-bond donors (Lipinski definition) is 1. The first-order valence-corrected chi connectivity index (χ1v) is 9.69. The number of fused-ring (bicyclic) bond motifs is 1. The van der Waals surface area contributed by atoms with Gasteiger partial charge in [0, 0.05) is 13.1 Å². The number of aryl methyl sites for hydroxylation is 3. The van der Waals surface area contributed by atoms with Crippen molar-refractivity contribution in [1.29, 1.82) is 0 Å². The Kier molecular flexibility index (Phi) is 5.07. The van der Waals surface area contributed by atoms with Gasteiger partial charge in [-0.1, -0.05) is 35.5 Å². The van der Waals surface area contributed by atoms with Crippen molar-refractivity contribution in [2.45, 2.75) is 45.6 Å². The maximum atomic E-state index is 10.6. The van der Waals surface area contributed by atoms with Crippen LogP contribution >= 0.6 is 0 Å². The Labute approximate surface area is 159 Å². The molecular weight excluding hydrogens is 340 g/mol. The topological polar surface area (TPSA) is 75.3 Å². The molecule has 1 aliphatic rings. The third-order valence-corrected chi connectivity index (χ3v) is 5.55. The number of benzene rings is 1. The van der Waals surface area contributed by atoms with Crippen molar-refractivity contribution in [3.8, 4) is 0 Å². The molecule has 0 spiro atoms. The van der Waals surface area contributed by atoms with Crippen molar-refractivity contribution in [1.82, 2.24) is 15.1 Å². The highest BCUT2D eigenvalue weighted by atomic mass is 16.5. The summed E-state index contributed by atoms with van der Waals surface area (Å²) in [7, 11) is 0. The molecule has 3 aromatic rings. The van der Waals surface area contributed by atoms with E-state index in [9.17, 15) is 5.11 Å². The highest BCUT2D eigenvalue weighted by Gasteiger charge is 2.28. The summed E-state index contributed by atoms with van der Waals surface area (Å²) in [5.41, 5.74) is 2.67. The molecule has 1 N–H and O–H groups in total. The molecule has 0 aliphatic carbocycles. The molecule has 3 heterocycles. The molecule has 1 atom stereocenters. The van der Waals surface area contributed by atoms with Crippen molar-refractivity contribution < 1.29 is 9.63 Å². The molecule has 2 aromatic heterocycles. The molecule has 142 valence electrons.